The molecule has 0 spiro atoms. The topological polar surface area (TPSA) is 55.4 Å². The van der Waals surface area contributed by atoms with Gasteiger partial charge < -0.3 is 28.4 Å². The van der Waals surface area contributed by atoms with E-state index in [4.69, 9.17) is 28.4 Å². The maximum Gasteiger partial charge on any atom is 0.282 e. The van der Waals surface area contributed by atoms with Crippen LogP contribution in [0.2, 0.25) is 0 Å². The highest BCUT2D eigenvalue weighted by atomic mass is 16.9. The van der Waals surface area contributed by atoms with Crippen molar-refractivity contribution in [3.8, 4) is 0 Å². The summed E-state index contributed by atoms with van der Waals surface area (Å²) in [6.45, 7) is 21.9. The third-order valence-electron chi connectivity index (χ3n) is 8.83. The van der Waals surface area contributed by atoms with Gasteiger partial charge in [-0.05, 0) is 69.6 Å². The highest BCUT2D eigenvalue weighted by Crippen LogP contribution is 2.31. The van der Waals surface area contributed by atoms with Crippen molar-refractivity contribution in [2.24, 2.45) is 5.41 Å². The van der Waals surface area contributed by atoms with E-state index in [0.29, 0.717) is 45.1 Å². The molecular weight excluding hydrogens is 588 g/mol. The predicted molar refractivity (Wildman–Crippen MR) is 200 cm³/mol. The van der Waals surface area contributed by atoms with Crippen LogP contribution in [0.3, 0.4) is 0 Å². The van der Waals surface area contributed by atoms with Gasteiger partial charge in [0.1, 0.15) is 0 Å². The van der Waals surface area contributed by atoms with E-state index in [1.54, 1.807) is 0 Å². The van der Waals surface area contributed by atoms with Crippen molar-refractivity contribution < 1.29 is 28.4 Å². The Morgan fingerprint density at radius 1 is 0.277 bits per heavy atom. The van der Waals surface area contributed by atoms with Crippen LogP contribution >= 0.6 is 0 Å². The van der Waals surface area contributed by atoms with Gasteiger partial charge in [0.25, 0.3) is 11.9 Å². The van der Waals surface area contributed by atoms with Crippen LogP contribution in [0, 0.1) is 5.41 Å². The third-order valence-corrected chi connectivity index (χ3v) is 8.83. The van der Waals surface area contributed by atoms with Crippen molar-refractivity contribution in [1.29, 1.82) is 0 Å². The van der Waals surface area contributed by atoms with Crippen molar-refractivity contribution >= 4 is 0 Å². The highest BCUT2D eigenvalue weighted by molar-refractivity contribution is 4.69. The molecule has 0 aliphatic heterocycles. The van der Waals surface area contributed by atoms with Gasteiger partial charge in [0.05, 0.1) is 39.6 Å². The highest BCUT2D eigenvalue weighted by Gasteiger charge is 2.33. The minimum Gasteiger partial charge on any atom is -0.327 e. The lowest BCUT2D eigenvalue weighted by atomic mass is 9.82. The number of rotatable bonds is 38. The second-order valence-corrected chi connectivity index (χ2v) is 14.6. The van der Waals surface area contributed by atoms with Crippen LogP contribution in [0.4, 0.5) is 0 Å². The van der Waals surface area contributed by atoms with Crippen molar-refractivity contribution in [3.63, 3.8) is 0 Å². The molecule has 0 radical (unpaired) electrons. The van der Waals surface area contributed by atoms with Crippen molar-refractivity contribution in [2.75, 3.05) is 39.6 Å². The van der Waals surface area contributed by atoms with Crippen LogP contribution < -0.4 is 0 Å². The molecule has 0 saturated heterocycles. The summed E-state index contributed by atoms with van der Waals surface area (Å²) >= 11 is 0. The van der Waals surface area contributed by atoms with Gasteiger partial charge in [0.15, 0.2) is 0 Å². The summed E-state index contributed by atoms with van der Waals surface area (Å²) in [5.41, 5.74) is 0.470. The van der Waals surface area contributed by atoms with E-state index < -0.39 is 11.9 Å². The summed E-state index contributed by atoms with van der Waals surface area (Å²) in [5.74, 6) is -1.67. The van der Waals surface area contributed by atoms with E-state index in [-0.39, 0.29) is 0 Å². The van der Waals surface area contributed by atoms with Crippen LogP contribution in [-0.4, -0.2) is 51.6 Å². The zero-order valence-corrected chi connectivity index (χ0v) is 33.2. The summed E-state index contributed by atoms with van der Waals surface area (Å²) in [4.78, 5) is 0. The van der Waals surface area contributed by atoms with Crippen LogP contribution in [-0.2, 0) is 28.4 Å². The molecule has 0 aliphatic carbocycles. The second kappa shape index (κ2) is 31.7. The number of hydrogen-bond acceptors (Lipinski definition) is 6. The zero-order chi connectivity index (χ0) is 35.0. The molecule has 0 aromatic carbocycles. The molecule has 0 N–H and O–H groups in total. The molecule has 0 aromatic rings. The van der Waals surface area contributed by atoms with Gasteiger partial charge in [-0.25, -0.2) is 0 Å². The molecule has 0 saturated carbocycles. The largest absolute Gasteiger partial charge is 0.327 e. The molecule has 0 heterocycles. The molecule has 0 aliphatic rings. The lowest BCUT2D eigenvalue weighted by Crippen LogP contribution is -2.40. The van der Waals surface area contributed by atoms with Gasteiger partial charge in [-0.2, -0.15) is 0 Å². The third kappa shape index (κ3) is 26.3. The summed E-state index contributed by atoms with van der Waals surface area (Å²) in [5, 5.41) is 0. The second-order valence-electron chi connectivity index (χ2n) is 14.6. The quantitative estimate of drug-likeness (QED) is 0.0480. The molecule has 6 heteroatoms. The van der Waals surface area contributed by atoms with Gasteiger partial charge in [0, 0.05) is 12.8 Å². The predicted octanol–water partition coefficient (Wildman–Crippen LogP) is 12.9. The molecule has 0 amide bonds. The lowest BCUT2D eigenvalue weighted by Gasteiger charge is -2.33. The summed E-state index contributed by atoms with van der Waals surface area (Å²) in [7, 11) is 0. The normalized spacial score (nSPS) is 12.8. The van der Waals surface area contributed by atoms with E-state index in [0.717, 1.165) is 64.2 Å². The Bertz CT molecular complexity index is 544. The molecule has 0 bridgehead atoms. The Kier molecular flexibility index (Phi) is 31.6. The van der Waals surface area contributed by atoms with Crippen molar-refractivity contribution in [2.45, 2.75) is 221 Å². The lowest BCUT2D eigenvalue weighted by molar-refractivity contribution is -0.384. The summed E-state index contributed by atoms with van der Waals surface area (Å²) in [6, 6.07) is 0. The van der Waals surface area contributed by atoms with Crippen LogP contribution in [0.25, 0.3) is 0 Å². The van der Waals surface area contributed by atoms with E-state index >= 15 is 0 Å². The minimum absolute atomic E-state index is 0.470. The number of hydrogen-bond donors (Lipinski definition) is 0. The molecular formula is C41H84O6. The maximum absolute atomic E-state index is 6.12. The van der Waals surface area contributed by atoms with E-state index in [1.165, 1.54) is 89.9 Å². The van der Waals surface area contributed by atoms with Crippen LogP contribution in [0.15, 0.2) is 0 Å². The summed E-state index contributed by atoms with van der Waals surface area (Å²) in [6.07, 6.45) is 28.3. The van der Waals surface area contributed by atoms with E-state index in [1.807, 2.05) is 0 Å². The Labute approximate surface area is 294 Å². The van der Waals surface area contributed by atoms with Gasteiger partial charge in [-0.15, -0.1) is 0 Å². The molecule has 47 heavy (non-hydrogen) atoms. The number of unbranched alkanes of at least 4 members (excludes halogenated alkanes) is 12. The van der Waals surface area contributed by atoms with Crippen molar-refractivity contribution in [3.05, 3.63) is 0 Å². The fourth-order valence-corrected chi connectivity index (χ4v) is 6.01. The molecule has 0 fully saturated rings. The average molecular weight is 673 g/mol. The fourth-order valence-electron chi connectivity index (χ4n) is 6.01. The molecule has 0 unspecified atom stereocenters. The van der Waals surface area contributed by atoms with Crippen molar-refractivity contribution in [1.82, 2.24) is 0 Å². The SMILES string of the molecule is CCCOC(CCCCCCCCCC(C)(C)CCCCCCCCCC(OCCC)(OCCC)OCCC)(OCCC)OCCC. The minimum atomic E-state index is -0.835. The molecule has 284 valence electrons. The van der Waals surface area contributed by atoms with Gasteiger partial charge in [-0.3, -0.25) is 0 Å². The fraction of sp³-hybridized carbons (Fsp3) is 1.00. The summed E-state index contributed by atoms with van der Waals surface area (Å²) < 4.78 is 36.7. The Morgan fingerprint density at radius 2 is 0.468 bits per heavy atom. The first-order valence-electron chi connectivity index (χ1n) is 20.6. The molecule has 6 nitrogen and oxygen atoms in total. The van der Waals surface area contributed by atoms with Crippen LogP contribution in [0.5, 0.6) is 0 Å². The average Bonchev–Trinajstić information content (AvgIpc) is 3.07. The molecule has 0 rings (SSSR count). The zero-order valence-electron chi connectivity index (χ0n) is 33.2. The van der Waals surface area contributed by atoms with Gasteiger partial charge >= 0.3 is 0 Å². The Balaban J connectivity index is 4.05. The molecule has 0 aromatic heterocycles. The Morgan fingerprint density at radius 3 is 0.681 bits per heavy atom. The number of ether oxygens (including phenoxy) is 6. The standard InChI is InChI=1S/C41H84O6/c1-9-33-42-40(43-34-10-2,44-35-11-3)31-27-23-19-15-17-21-25-29-39(7,8)30-26-22-18-16-20-24-28-32-41(45-36-12-4,46-37-13-5)47-38-14-6/h9-38H2,1-8H3. The smallest absolute Gasteiger partial charge is 0.282 e. The Hall–Kier alpha value is -0.240. The first kappa shape index (κ1) is 46.8. The van der Waals surface area contributed by atoms with Gasteiger partial charge in [-0.1, -0.05) is 132 Å². The maximum atomic E-state index is 6.12. The first-order valence-corrected chi connectivity index (χ1v) is 20.6. The first-order chi connectivity index (χ1) is 22.8. The van der Waals surface area contributed by atoms with Crippen LogP contribution in [0.1, 0.15) is 209 Å². The van der Waals surface area contributed by atoms with Gasteiger partial charge in [0.2, 0.25) is 0 Å². The van der Waals surface area contributed by atoms with E-state index in [2.05, 4.69) is 55.4 Å². The monoisotopic (exact) mass is 673 g/mol. The van der Waals surface area contributed by atoms with E-state index in [9.17, 15) is 0 Å². The molecule has 0 atom stereocenters.